The lowest BCUT2D eigenvalue weighted by Gasteiger charge is -2.31. The summed E-state index contributed by atoms with van der Waals surface area (Å²) in [6, 6.07) is 32.1. The first-order valence-electron chi connectivity index (χ1n) is 14.7. The van der Waals surface area contributed by atoms with Crippen LogP contribution in [-0.2, 0) is 18.3 Å². The third kappa shape index (κ3) is 5.01. The zero-order valence-electron chi connectivity index (χ0n) is 23.4. The fraction of sp³-hybridized carbons (Fsp3) is 0.361. The Morgan fingerprint density at radius 3 is 2.10 bits per heavy atom. The molecule has 0 amide bonds. The number of hydrogen-bond acceptors (Lipinski definition) is 3. The number of carbonyl (C=O) groups is 1. The van der Waals surface area contributed by atoms with E-state index in [1.807, 2.05) is 0 Å². The summed E-state index contributed by atoms with van der Waals surface area (Å²) in [6.07, 6.45) is 3.85. The van der Waals surface area contributed by atoms with E-state index in [9.17, 15) is 4.79 Å². The molecule has 1 aliphatic carbocycles. The second-order valence-corrected chi connectivity index (χ2v) is 12.0. The average molecular weight is 517 g/mol. The monoisotopic (exact) mass is 516 g/mol. The summed E-state index contributed by atoms with van der Waals surface area (Å²) in [5.74, 6) is 1.01. The van der Waals surface area contributed by atoms with Crippen LogP contribution in [0.25, 0.3) is 10.8 Å². The van der Waals surface area contributed by atoms with Crippen LogP contribution in [0.3, 0.4) is 0 Å². The number of Topliss-reactive ketones (excluding diaryl/α,β-unsaturated/α-hetero) is 1. The highest BCUT2D eigenvalue weighted by atomic mass is 16.1. The standard InChI is InChI=1S/C36H40N2O/c1-27(2)19-22-37-20-10-21-38(24-23-37)33-18-17-32-34-30(33)15-9-16-31(34)35(39)36(32,25-28-11-5-3-6-12-28)26-29-13-7-4-8-14-29/h3-9,11-18,27H,10,19-26H2,1-2H3. The Labute approximate surface area is 233 Å². The lowest BCUT2D eigenvalue weighted by atomic mass is 9.71. The van der Waals surface area contributed by atoms with Gasteiger partial charge in [-0.3, -0.25) is 4.79 Å². The molecule has 4 aromatic rings. The Morgan fingerprint density at radius 1 is 0.744 bits per heavy atom. The number of carbonyl (C=O) groups excluding carboxylic acids is 1. The number of hydrogen-bond donors (Lipinski definition) is 0. The normalized spacial score (nSPS) is 17.2. The van der Waals surface area contributed by atoms with E-state index in [0.29, 0.717) is 12.8 Å². The van der Waals surface area contributed by atoms with Gasteiger partial charge in [0, 0.05) is 36.3 Å². The average Bonchev–Trinajstić information content (AvgIpc) is 3.09. The molecular formula is C36H40N2O. The van der Waals surface area contributed by atoms with Gasteiger partial charge in [-0.25, -0.2) is 0 Å². The molecule has 1 aliphatic heterocycles. The van der Waals surface area contributed by atoms with Crippen LogP contribution in [0, 0.1) is 5.92 Å². The van der Waals surface area contributed by atoms with Gasteiger partial charge in [0.1, 0.15) is 0 Å². The highest BCUT2D eigenvalue weighted by molar-refractivity contribution is 6.22. The van der Waals surface area contributed by atoms with E-state index in [1.54, 1.807) is 0 Å². The van der Waals surface area contributed by atoms with Crippen molar-refractivity contribution in [3.8, 4) is 0 Å². The van der Waals surface area contributed by atoms with Gasteiger partial charge in [0.25, 0.3) is 0 Å². The van der Waals surface area contributed by atoms with Gasteiger partial charge in [0.05, 0.1) is 5.41 Å². The van der Waals surface area contributed by atoms with Gasteiger partial charge in [0.15, 0.2) is 5.78 Å². The summed E-state index contributed by atoms with van der Waals surface area (Å²) in [5.41, 5.74) is 5.19. The van der Waals surface area contributed by atoms with Crippen LogP contribution >= 0.6 is 0 Å². The molecule has 1 saturated heterocycles. The van der Waals surface area contributed by atoms with Crippen molar-refractivity contribution in [2.24, 2.45) is 5.92 Å². The molecule has 0 aromatic heterocycles. The Balaban J connectivity index is 1.40. The second-order valence-electron chi connectivity index (χ2n) is 12.0. The number of benzene rings is 4. The molecular weight excluding hydrogens is 476 g/mol. The molecule has 0 unspecified atom stereocenters. The molecule has 2 aliphatic rings. The molecule has 6 rings (SSSR count). The van der Waals surface area contributed by atoms with E-state index < -0.39 is 5.41 Å². The first kappa shape index (κ1) is 25.8. The number of ketones is 1. The van der Waals surface area contributed by atoms with Crippen molar-refractivity contribution in [3.05, 3.63) is 113 Å². The van der Waals surface area contributed by atoms with Gasteiger partial charge in [0.2, 0.25) is 0 Å². The summed E-state index contributed by atoms with van der Waals surface area (Å²) in [6.45, 7) is 10.2. The van der Waals surface area contributed by atoms with Crippen molar-refractivity contribution >= 4 is 22.2 Å². The number of nitrogens with zero attached hydrogens (tertiary/aromatic N) is 2. The Hall–Kier alpha value is -3.43. The summed E-state index contributed by atoms with van der Waals surface area (Å²) in [4.78, 5) is 19.7. The van der Waals surface area contributed by atoms with Crippen molar-refractivity contribution < 1.29 is 4.79 Å². The van der Waals surface area contributed by atoms with Crippen molar-refractivity contribution in [1.82, 2.24) is 4.90 Å². The summed E-state index contributed by atoms with van der Waals surface area (Å²) < 4.78 is 0. The van der Waals surface area contributed by atoms with Gasteiger partial charge in [-0.1, -0.05) is 98.8 Å². The van der Waals surface area contributed by atoms with Gasteiger partial charge in [-0.05, 0) is 72.8 Å². The smallest absolute Gasteiger partial charge is 0.174 e. The molecule has 0 radical (unpaired) electrons. The van der Waals surface area contributed by atoms with Gasteiger partial charge in [-0.15, -0.1) is 0 Å². The van der Waals surface area contributed by atoms with Crippen molar-refractivity contribution in [2.75, 3.05) is 37.6 Å². The molecule has 200 valence electrons. The van der Waals surface area contributed by atoms with Crippen molar-refractivity contribution in [1.29, 1.82) is 0 Å². The zero-order chi connectivity index (χ0) is 26.8. The molecule has 0 bridgehead atoms. The molecule has 0 atom stereocenters. The van der Waals surface area contributed by atoms with Gasteiger partial charge < -0.3 is 9.80 Å². The predicted octanol–water partition coefficient (Wildman–Crippen LogP) is 7.32. The molecule has 0 N–H and O–H groups in total. The van der Waals surface area contributed by atoms with Crippen molar-refractivity contribution in [2.45, 2.75) is 44.9 Å². The lowest BCUT2D eigenvalue weighted by Crippen LogP contribution is -2.37. The Bertz CT molecular complexity index is 1400. The van der Waals surface area contributed by atoms with Crippen LogP contribution < -0.4 is 4.90 Å². The largest absolute Gasteiger partial charge is 0.370 e. The summed E-state index contributed by atoms with van der Waals surface area (Å²) in [5, 5.41) is 2.41. The minimum atomic E-state index is -0.602. The van der Waals surface area contributed by atoms with Crippen LogP contribution in [0.1, 0.15) is 53.7 Å². The van der Waals surface area contributed by atoms with E-state index in [-0.39, 0.29) is 5.78 Å². The maximum atomic E-state index is 14.5. The molecule has 1 fully saturated rings. The van der Waals surface area contributed by atoms with Gasteiger partial charge in [-0.2, -0.15) is 0 Å². The van der Waals surface area contributed by atoms with Gasteiger partial charge >= 0.3 is 0 Å². The van der Waals surface area contributed by atoms with Crippen LogP contribution in [0.4, 0.5) is 5.69 Å². The van der Waals surface area contributed by atoms with Crippen LogP contribution in [0.5, 0.6) is 0 Å². The van der Waals surface area contributed by atoms with Crippen LogP contribution in [0.15, 0.2) is 91.0 Å². The highest BCUT2D eigenvalue weighted by Gasteiger charge is 2.47. The van der Waals surface area contributed by atoms with Crippen LogP contribution in [-0.4, -0.2) is 43.4 Å². The maximum absolute atomic E-state index is 14.5. The van der Waals surface area contributed by atoms with Crippen LogP contribution in [0.2, 0.25) is 0 Å². The minimum Gasteiger partial charge on any atom is -0.370 e. The maximum Gasteiger partial charge on any atom is 0.174 e. The number of rotatable bonds is 8. The molecule has 0 saturated carbocycles. The first-order chi connectivity index (χ1) is 19.0. The molecule has 3 heteroatoms. The topological polar surface area (TPSA) is 23.6 Å². The molecule has 4 aromatic carbocycles. The second kappa shape index (κ2) is 11.0. The first-order valence-corrected chi connectivity index (χ1v) is 14.7. The van der Waals surface area contributed by atoms with E-state index in [1.165, 1.54) is 59.1 Å². The quantitative estimate of drug-likeness (QED) is 0.245. The molecule has 0 spiro atoms. The summed E-state index contributed by atoms with van der Waals surface area (Å²) in [7, 11) is 0. The van der Waals surface area contributed by atoms with E-state index in [0.717, 1.165) is 31.1 Å². The lowest BCUT2D eigenvalue weighted by molar-refractivity contribution is 0.0892. The molecule has 39 heavy (non-hydrogen) atoms. The highest BCUT2D eigenvalue weighted by Crippen LogP contribution is 2.48. The zero-order valence-corrected chi connectivity index (χ0v) is 23.4. The summed E-state index contributed by atoms with van der Waals surface area (Å²) >= 11 is 0. The number of anilines is 1. The third-order valence-corrected chi connectivity index (χ3v) is 8.86. The SMILES string of the molecule is CC(C)CCN1CCCN(c2ccc3c4c(cccc24)C(=O)C3(Cc2ccccc2)Cc2ccccc2)CC1. The van der Waals surface area contributed by atoms with Crippen molar-refractivity contribution in [3.63, 3.8) is 0 Å². The third-order valence-electron chi connectivity index (χ3n) is 8.86. The predicted molar refractivity (Wildman–Crippen MR) is 163 cm³/mol. The molecule has 1 heterocycles. The van der Waals surface area contributed by atoms with E-state index in [2.05, 4.69) is 115 Å². The van der Waals surface area contributed by atoms with E-state index in [4.69, 9.17) is 0 Å². The fourth-order valence-corrected chi connectivity index (χ4v) is 6.81. The minimum absolute atomic E-state index is 0.267. The fourth-order valence-electron chi connectivity index (χ4n) is 6.81. The Kier molecular flexibility index (Phi) is 7.27. The van der Waals surface area contributed by atoms with E-state index >= 15 is 0 Å². The Morgan fingerprint density at radius 2 is 1.44 bits per heavy atom. The molecule has 3 nitrogen and oxygen atoms in total.